The van der Waals surface area contributed by atoms with Crippen molar-refractivity contribution in [3.63, 3.8) is 0 Å². The van der Waals surface area contributed by atoms with Gasteiger partial charge in [-0.05, 0) is 18.8 Å². The van der Waals surface area contributed by atoms with E-state index in [9.17, 15) is 0 Å². The van der Waals surface area contributed by atoms with Crippen LogP contribution in [0.25, 0.3) is 0 Å². The molecule has 1 unspecified atom stereocenters. The zero-order chi connectivity index (χ0) is 9.23. The molecule has 73 valence electrons. The van der Waals surface area contributed by atoms with E-state index in [1.54, 1.807) is 0 Å². The first kappa shape index (κ1) is 12.0. The van der Waals surface area contributed by atoms with Gasteiger partial charge in [0, 0.05) is 0 Å². The lowest BCUT2D eigenvalue weighted by Crippen LogP contribution is -1.95. The second kappa shape index (κ2) is 9.09. The van der Waals surface area contributed by atoms with Crippen LogP contribution in [0.4, 0.5) is 0 Å². The Morgan fingerprint density at radius 1 is 1.00 bits per heavy atom. The minimum absolute atomic E-state index is 0.849. The highest BCUT2D eigenvalue weighted by atomic mass is 14.1. The highest BCUT2D eigenvalue weighted by molar-refractivity contribution is 4.72. The van der Waals surface area contributed by atoms with E-state index in [2.05, 4.69) is 27.2 Å². The largest absolute Gasteiger partial charge is 0.0654 e. The molecule has 0 nitrogen and oxygen atoms in total. The number of unbranched alkanes of at least 4 members (excludes halogenated alkanes) is 4. The molecule has 0 heterocycles. The Morgan fingerprint density at radius 2 is 1.67 bits per heavy atom. The summed E-state index contributed by atoms with van der Waals surface area (Å²) < 4.78 is 0. The maximum Gasteiger partial charge on any atom is -0.0358 e. The minimum Gasteiger partial charge on any atom is -0.0654 e. The first-order valence-electron chi connectivity index (χ1n) is 5.64. The summed E-state index contributed by atoms with van der Waals surface area (Å²) >= 11 is 0. The maximum atomic E-state index is 2.51. The first-order chi connectivity index (χ1) is 5.81. The summed E-state index contributed by atoms with van der Waals surface area (Å²) in [6.07, 6.45) is 12.1. The molecule has 0 amide bonds. The van der Waals surface area contributed by atoms with Gasteiger partial charge in [-0.1, -0.05) is 59.3 Å². The number of hydrogen-bond acceptors (Lipinski definition) is 0. The second-order valence-corrected chi connectivity index (χ2v) is 3.85. The fourth-order valence-corrected chi connectivity index (χ4v) is 1.44. The zero-order valence-electron chi connectivity index (χ0n) is 9.10. The number of rotatable bonds is 8. The standard InChI is InChI=1S/C12H25/c1-4-6-8-9-11-12(3)10-7-5-2/h11-12H,4-10H2,1-3H3. The highest BCUT2D eigenvalue weighted by Gasteiger charge is 2.00. The second-order valence-electron chi connectivity index (χ2n) is 3.85. The summed E-state index contributed by atoms with van der Waals surface area (Å²) in [5, 5.41) is 0. The summed E-state index contributed by atoms with van der Waals surface area (Å²) in [6, 6.07) is 0. The SMILES string of the molecule is CCCCC[CH]C(C)CCCC. The van der Waals surface area contributed by atoms with E-state index in [0.29, 0.717) is 0 Å². The van der Waals surface area contributed by atoms with Crippen molar-refractivity contribution in [3.8, 4) is 0 Å². The van der Waals surface area contributed by atoms with Gasteiger partial charge in [-0.25, -0.2) is 0 Å². The Hall–Kier alpha value is 0. The third-order valence-corrected chi connectivity index (χ3v) is 2.39. The van der Waals surface area contributed by atoms with Gasteiger partial charge in [-0.2, -0.15) is 0 Å². The van der Waals surface area contributed by atoms with Crippen molar-refractivity contribution in [1.82, 2.24) is 0 Å². The Labute approximate surface area is 78.8 Å². The van der Waals surface area contributed by atoms with Gasteiger partial charge in [0.2, 0.25) is 0 Å². The van der Waals surface area contributed by atoms with E-state index in [1.165, 1.54) is 44.9 Å². The van der Waals surface area contributed by atoms with Crippen LogP contribution >= 0.6 is 0 Å². The summed E-state index contributed by atoms with van der Waals surface area (Å²) in [5.41, 5.74) is 0. The summed E-state index contributed by atoms with van der Waals surface area (Å²) in [6.45, 7) is 6.88. The molecule has 1 atom stereocenters. The molecule has 0 bridgehead atoms. The third-order valence-electron chi connectivity index (χ3n) is 2.39. The molecule has 0 aromatic carbocycles. The molecule has 0 fully saturated rings. The van der Waals surface area contributed by atoms with Crippen LogP contribution in [0.15, 0.2) is 0 Å². The van der Waals surface area contributed by atoms with Crippen LogP contribution in [0.2, 0.25) is 0 Å². The average Bonchev–Trinajstić information content (AvgIpc) is 2.09. The molecule has 0 spiro atoms. The zero-order valence-corrected chi connectivity index (χ0v) is 9.10. The molecule has 12 heavy (non-hydrogen) atoms. The lowest BCUT2D eigenvalue weighted by molar-refractivity contribution is 0.536. The van der Waals surface area contributed by atoms with Crippen LogP contribution in [0, 0.1) is 12.3 Å². The molecule has 0 heteroatoms. The maximum absolute atomic E-state index is 2.51. The molecule has 0 saturated heterocycles. The number of hydrogen-bond donors (Lipinski definition) is 0. The first-order valence-corrected chi connectivity index (χ1v) is 5.64. The predicted molar refractivity (Wildman–Crippen MR) is 57.1 cm³/mol. The molecule has 0 aromatic heterocycles. The molecule has 0 aromatic rings. The summed E-state index contributed by atoms with van der Waals surface area (Å²) in [7, 11) is 0. The Bertz CT molecular complexity index is 76.1. The van der Waals surface area contributed by atoms with Crippen LogP contribution < -0.4 is 0 Å². The molecule has 0 saturated carbocycles. The van der Waals surface area contributed by atoms with Crippen LogP contribution in [-0.2, 0) is 0 Å². The lowest BCUT2D eigenvalue weighted by atomic mass is 9.97. The summed E-state index contributed by atoms with van der Waals surface area (Å²) in [4.78, 5) is 0. The van der Waals surface area contributed by atoms with E-state index < -0.39 is 0 Å². The molecule has 0 rings (SSSR count). The van der Waals surface area contributed by atoms with Gasteiger partial charge in [0.1, 0.15) is 0 Å². The molecular weight excluding hydrogens is 144 g/mol. The van der Waals surface area contributed by atoms with Crippen molar-refractivity contribution in [1.29, 1.82) is 0 Å². The van der Waals surface area contributed by atoms with Crippen molar-refractivity contribution in [2.75, 3.05) is 0 Å². The average molecular weight is 169 g/mol. The Morgan fingerprint density at radius 3 is 2.25 bits per heavy atom. The molecule has 0 aliphatic carbocycles. The smallest absolute Gasteiger partial charge is 0.0358 e. The van der Waals surface area contributed by atoms with E-state index >= 15 is 0 Å². The van der Waals surface area contributed by atoms with Crippen molar-refractivity contribution in [2.24, 2.45) is 5.92 Å². The van der Waals surface area contributed by atoms with Crippen molar-refractivity contribution in [2.45, 2.75) is 65.7 Å². The van der Waals surface area contributed by atoms with E-state index in [1.807, 2.05) is 0 Å². The van der Waals surface area contributed by atoms with Gasteiger partial charge in [0.05, 0.1) is 0 Å². The Kier molecular flexibility index (Phi) is 9.09. The molecular formula is C12H25. The predicted octanol–water partition coefficient (Wildman–Crippen LogP) is 4.60. The summed E-state index contributed by atoms with van der Waals surface area (Å²) in [5.74, 6) is 0.849. The molecule has 0 N–H and O–H groups in total. The van der Waals surface area contributed by atoms with Crippen molar-refractivity contribution >= 4 is 0 Å². The Balaban J connectivity index is 3.02. The van der Waals surface area contributed by atoms with Crippen molar-refractivity contribution < 1.29 is 0 Å². The fraction of sp³-hybridized carbons (Fsp3) is 0.917. The van der Waals surface area contributed by atoms with Crippen LogP contribution in [-0.4, -0.2) is 0 Å². The monoisotopic (exact) mass is 169 g/mol. The lowest BCUT2D eigenvalue weighted by Gasteiger charge is -2.09. The normalized spacial score (nSPS) is 13.2. The van der Waals surface area contributed by atoms with Crippen LogP contribution in [0.1, 0.15) is 65.7 Å². The van der Waals surface area contributed by atoms with Crippen LogP contribution in [0.3, 0.4) is 0 Å². The minimum atomic E-state index is 0.849. The van der Waals surface area contributed by atoms with Gasteiger partial charge in [0.15, 0.2) is 0 Å². The van der Waals surface area contributed by atoms with E-state index in [0.717, 1.165) is 5.92 Å². The quantitative estimate of drug-likeness (QED) is 0.466. The topological polar surface area (TPSA) is 0 Å². The highest BCUT2D eigenvalue weighted by Crippen LogP contribution is 2.14. The van der Waals surface area contributed by atoms with Crippen molar-refractivity contribution in [3.05, 3.63) is 6.42 Å². The van der Waals surface area contributed by atoms with Gasteiger partial charge < -0.3 is 0 Å². The van der Waals surface area contributed by atoms with Gasteiger partial charge in [-0.15, -0.1) is 0 Å². The van der Waals surface area contributed by atoms with E-state index in [4.69, 9.17) is 0 Å². The molecule has 1 radical (unpaired) electrons. The van der Waals surface area contributed by atoms with Gasteiger partial charge in [-0.3, -0.25) is 0 Å². The van der Waals surface area contributed by atoms with E-state index in [-0.39, 0.29) is 0 Å². The molecule has 0 aliphatic rings. The van der Waals surface area contributed by atoms with Crippen LogP contribution in [0.5, 0.6) is 0 Å². The molecule has 0 aliphatic heterocycles. The van der Waals surface area contributed by atoms with Gasteiger partial charge in [0.25, 0.3) is 0 Å². The van der Waals surface area contributed by atoms with Gasteiger partial charge >= 0.3 is 0 Å². The fourth-order valence-electron chi connectivity index (χ4n) is 1.44. The third kappa shape index (κ3) is 8.10.